The molecule has 0 saturated carbocycles. The molecule has 1 aromatic heterocycles. The summed E-state index contributed by atoms with van der Waals surface area (Å²) in [7, 11) is 0. The summed E-state index contributed by atoms with van der Waals surface area (Å²) in [5.74, 6) is -1.05. The van der Waals surface area contributed by atoms with E-state index in [1.165, 1.54) is 12.1 Å². The molecule has 1 atom stereocenters. The van der Waals surface area contributed by atoms with Gasteiger partial charge in [-0.15, -0.1) is 0 Å². The summed E-state index contributed by atoms with van der Waals surface area (Å²) in [6, 6.07) is 14.4. The molecule has 30 heavy (non-hydrogen) atoms. The van der Waals surface area contributed by atoms with Crippen molar-refractivity contribution in [2.24, 2.45) is 0 Å². The molecule has 1 saturated heterocycles. The van der Waals surface area contributed by atoms with Gasteiger partial charge in [-0.3, -0.25) is 9.59 Å². The number of aliphatic hydroxyl groups excluding tert-OH is 1. The first-order chi connectivity index (χ1) is 14.5. The molecule has 2 aromatic carbocycles. The highest BCUT2D eigenvalue weighted by molar-refractivity contribution is 6.00. The van der Waals surface area contributed by atoms with Gasteiger partial charge in [0.1, 0.15) is 17.6 Å². The molecule has 4 rings (SSSR count). The van der Waals surface area contributed by atoms with Gasteiger partial charge in [0.15, 0.2) is 0 Å². The molecule has 0 aliphatic carbocycles. The monoisotopic (exact) mass is 410 g/mol. The fourth-order valence-corrected chi connectivity index (χ4v) is 3.67. The lowest BCUT2D eigenvalue weighted by Gasteiger charge is -2.37. The van der Waals surface area contributed by atoms with Crippen molar-refractivity contribution in [3.05, 3.63) is 66.1 Å². The van der Waals surface area contributed by atoms with Crippen LogP contribution in [0.3, 0.4) is 0 Å². The first kappa shape index (κ1) is 19.9. The van der Waals surface area contributed by atoms with Gasteiger partial charge in [-0.25, -0.2) is 4.39 Å². The standard InChI is InChI=1S/C22H23FN4O3/c23-16-5-7-17(8-6-16)26-9-11-27(12-10-26)22(30)20(14-28)25-21(29)19-13-15-3-1-2-4-18(15)24-19/h1-8,13,20,24,28H,9-12,14H2,(H,25,29)/t20-/m0/s1. The number of H-pyrrole nitrogens is 1. The van der Waals surface area contributed by atoms with Crippen LogP contribution in [0.25, 0.3) is 10.9 Å². The van der Waals surface area contributed by atoms with Gasteiger partial charge in [0.05, 0.1) is 6.61 Å². The Morgan fingerprint density at radius 3 is 2.43 bits per heavy atom. The quantitative estimate of drug-likeness (QED) is 0.598. The van der Waals surface area contributed by atoms with Crippen LogP contribution < -0.4 is 10.2 Å². The van der Waals surface area contributed by atoms with E-state index in [0.29, 0.717) is 31.9 Å². The van der Waals surface area contributed by atoms with Gasteiger partial charge in [-0.1, -0.05) is 18.2 Å². The molecule has 0 spiro atoms. The molecule has 2 amide bonds. The Morgan fingerprint density at radius 2 is 1.77 bits per heavy atom. The summed E-state index contributed by atoms with van der Waals surface area (Å²) < 4.78 is 13.1. The number of aromatic amines is 1. The molecule has 3 aromatic rings. The zero-order chi connectivity index (χ0) is 21.1. The largest absolute Gasteiger partial charge is 0.394 e. The van der Waals surface area contributed by atoms with Crippen molar-refractivity contribution in [1.29, 1.82) is 0 Å². The number of halogens is 1. The molecular weight excluding hydrogens is 387 g/mol. The van der Waals surface area contributed by atoms with Gasteiger partial charge in [-0.2, -0.15) is 0 Å². The average Bonchev–Trinajstić information content (AvgIpc) is 3.22. The van der Waals surface area contributed by atoms with Crippen LogP contribution in [-0.2, 0) is 4.79 Å². The third kappa shape index (κ3) is 4.13. The predicted molar refractivity (Wildman–Crippen MR) is 112 cm³/mol. The number of aliphatic hydroxyl groups is 1. The Balaban J connectivity index is 1.36. The maximum Gasteiger partial charge on any atom is 0.268 e. The van der Waals surface area contributed by atoms with Crippen LogP contribution in [0.15, 0.2) is 54.6 Å². The van der Waals surface area contributed by atoms with E-state index in [1.54, 1.807) is 23.1 Å². The number of carbonyl (C=O) groups is 2. The van der Waals surface area contributed by atoms with Gasteiger partial charge in [-0.05, 0) is 36.4 Å². The first-order valence-electron chi connectivity index (χ1n) is 9.84. The van der Waals surface area contributed by atoms with Crippen LogP contribution in [0.5, 0.6) is 0 Å². The van der Waals surface area contributed by atoms with Gasteiger partial charge in [0.2, 0.25) is 5.91 Å². The third-order valence-corrected chi connectivity index (χ3v) is 5.34. The summed E-state index contributed by atoms with van der Waals surface area (Å²) in [5, 5.41) is 13.2. The number of nitrogens with zero attached hydrogens (tertiary/aromatic N) is 2. The van der Waals surface area contributed by atoms with Gasteiger partial charge < -0.3 is 25.2 Å². The SMILES string of the molecule is O=C(N[C@@H](CO)C(=O)N1CCN(c2ccc(F)cc2)CC1)c1cc2ccccc2[nH]1. The second-order valence-corrected chi connectivity index (χ2v) is 7.27. The normalized spacial score (nSPS) is 15.3. The Bertz CT molecular complexity index is 1010. The van der Waals surface area contributed by atoms with Gasteiger partial charge >= 0.3 is 0 Å². The van der Waals surface area contributed by atoms with Crippen LogP contribution in [0.2, 0.25) is 0 Å². The first-order valence-corrected chi connectivity index (χ1v) is 9.84. The summed E-state index contributed by atoms with van der Waals surface area (Å²) >= 11 is 0. The number of rotatable bonds is 5. The average molecular weight is 410 g/mol. The Morgan fingerprint density at radius 1 is 1.07 bits per heavy atom. The van der Waals surface area contributed by atoms with Crippen molar-refractivity contribution in [1.82, 2.24) is 15.2 Å². The van der Waals surface area contributed by atoms with Crippen molar-refractivity contribution in [2.75, 3.05) is 37.7 Å². The van der Waals surface area contributed by atoms with E-state index < -0.39 is 18.6 Å². The number of piperazine rings is 1. The Hall–Kier alpha value is -3.39. The lowest BCUT2D eigenvalue weighted by Crippen LogP contribution is -2.56. The molecule has 2 heterocycles. The maximum atomic E-state index is 13.1. The molecule has 1 fully saturated rings. The van der Waals surface area contributed by atoms with E-state index in [0.717, 1.165) is 16.6 Å². The second kappa shape index (κ2) is 8.54. The molecule has 8 heteroatoms. The van der Waals surface area contributed by atoms with Crippen molar-refractivity contribution in [3.63, 3.8) is 0 Å². The fraction of sp³-hybridized carbons (Fsp3) is 0.273. The molecular formula is C22H23FN4O3. The number of carbonyl (C=O) groups excluding carboxylic acids is 2. The summed E-state index contributed by atoms with van der Waals surface area (Å²) in [6.45, 7) is 1.60. The van der Waals surface area contributed by atoms with Gasteiger partial charge in [0.25, 0.3) is 5.91 Å². The third-order valence-electron chi connectivity index (χ3n) is 5.34. The van der Waals surface area contributed by atoms with Crippen molar-refractivity contribution < 1.29 is 19.1 Å². The summed E-state index contributed by atoms with van der Waals surface area (Å²) in [6.07, 6.45) is 0. The second-order valence-electron chi connectivity index (χ2n) is 7.27. The van der Waals surface area contributed by atoms with Crippen LogP contribution in [0.4, 0.5) is 10.1 Å². The van der Waals surface area contributed by atoms with Crippen LogP contribution in [0, 0.1) is 5.82 Å². The van der Waals surface area contributed by atoms with Crippen LogP contribution >= 0.6 is 0 Å². The fourth-order valence-electron chi connectivity index (χ4n) is 3.67. The minimum atomic E-state index is -1.01. The minimum Gasteiger partial charge on any atom is -0.394 e. The molecule has 1 aliphatic heterocycles. The number of fused-ring (bicyclic) bond motifs is 1. The number of amides is 2. The van der Waals surface area contributed by atoms with E-state index in [9.17, 15) is 19.1 Å². The number of anilines is 1. The molecule has 3 N–H and O–H groups in total. The number of hydrogen-bond donors (Lipinski definition) is 3. The minimum absolute atomic E-state index is 0.288. The zero-order valence-electron chi connectivity index (χ0n) is 16.3. The number of aromatic nitrogens is 1. The molecule has 0 bridgehead atoms. The van der Waals surface area contributed by atoms with E-state index >= 15 is 0 Å². The zero-order valence-corrected chi connectivity index (χ0v) is 16.3. The topological polar surface area (TPSA) is 88.7 Å². The maximum absolute atomic E-state index is 13.1. The predicted octanol–water partition coefficient (Wildman–Crippen LogP) is 1.75. The van der Waals surface area contributed by atoms with Crippen molar-refractivity contribution >= 4 is 28.4 Å². The Kier molecular flexibility index (Phi) is 5.67. The van der Waals surface area contributed by atoms with E-state index in [2.05, 4.69) is 15.2 Å². The Labute approximate surface area is 173 Å². The van der Waals surface area contributed by atoms with Crippen LogP contribution in [-0.4, -0.2) is 65.6 Å². The lowest BCUT2D eigenvalue weighted by atomic mass is 10.2. The highest BCUT2D eigenvalue weighted by Crippen LogP contribution is 2.18. The molecule has 0 unspecified atom stereocenters. The lowest BCUT2D eigenvalue weighted by molar-refractivity contribution is -0.134. The van der Waals surface area contributed by atoms with Gasteiger partial charge in [0, 0.05) is 42.8 Å². The summed E-state index contributed by atoms with van der Waals surface area (Å²) in [5.41, 5.74) is 2.06. The van der Waals surface area contributed by atoms with Crippen molar-refractivity contribution in [2.45, 2.75) is 6.04 Å². The molecule has 7 nitrogen and oxygen atoms in total. The molecule has 156 valence electrons. The molecule has 0 radical (unpaired) electrons. The smallest absolute Gasteiger partial charge is 0.268 e. The van der Waals surface area contributed by atoms with Crippen LogP contribution in [0.1, 0.15) is 10.5 Å². The number of para-hydroxylation sites is 1. The highest BCUT2D eigenvalue weighted by atomic mass is 19.1. The summed E-state index contributed by atoms with van der Waals surface area (Å²) in [4.78, 5) is 32.1. The van der Waals surface area contributed by atoms with E-state index in [4.69, 9.17) is 0 Å². The number of hydrogen-bond acceptors (Lipinski definition) is 4. The van der Waals surface area contributed by atoms with E-state index in [-0.39, 0.29) is 11.7 Å². The number of benzene rings is 2. The van der Waals surface area contributed by atoms with Crippen molar-refractivity contribution in [3.8, 4) is 0 Å². The number of nitrogens with one attached hydrogen (secondary N) is 2. The molecule has 1 aliphatic rings. The van der Waals surface area contributed by atoms with E-state index in [1.807, 2.05) is 24.3 Å². The highest BCUT2D eigenvalue weighted by Gasteiger charge is 2.29.